The van der Waals surface area contributed by atoms with Gasteiger partial charge in [-0.2, -0.15) is 5.26 Å². The van der Waals surface area contributed by atoms with Gasteiger partial charge in [-0.05, 0) is 37.7 Å². The molecule has 2 aliphatic carbocycles. The van der Waals surface area contributed by atoms with Crippen molar-refractivity contribution in [3.8, 4) is 17.6 Å². The highest BCUT2D eigenvalue weighted by atomic mass is 16.5. The molecule has 2 fully saturated rings. The average Bonchev–Trinajstić information content (AvgIpc) is 2.74. The van der Waals surface area contributed by atoms with E-state index in [2.05, 4.69) is 19.9 Å². The molecule has 31 heavy (non-hydrogen) atoms. The molecular formula is C25H31NO5. The summed E-state index contributed by atoms with van der Waals surface area (Å²) in [5.41, 5.74) is -0.165. The zero-order valence-corrected chi connectivity index (χ0v) is 19.3. The molecule has 3 aliphatic rings. The summed E-state index contributed by atoms with van der Waals surface area (Å²) in [6.45, 7) is 8.59. The third kappa shape index (κ3) is 2.68. The molecule has 0 aromatic heterocycles. The van der Waals surface area contributed by atoms with E-state index in [1.807, 2.05) is 13.8 Å². The number of carbonyl (C=O) groups is 2. The van der Waals surface area contributed by atoms with Gasteiger partial charge in [0, 0.05) is 28.7 Å². The van der Waals surface area contributed by atoms with Crippen molar-refractivity contribution < 1.29 is 23.8 Å². The van der Waals surface area contributed by atoms with E-state index in [1.165, 1.54) is 7.11 Å². The maximum Gasteiger partial charge on any atom is 0.339 e. The molecule has 0 radical (unpaired) electrons. The normalized spacial score (nSPS) is 33.1. The molecule has 1 spiro atoms. The quantitative estimate of drug-likeness (QED) is 0.650. The minimum atomic E-state index is -0.597. The van der Waals surface area contributed by atoms with Crippen molar-refractivity contribution in [1.29, 1.82) is 5.26 Å². The highest BCUT2D eigenvalue weighted by Gasteiger charge is 2.68. The molecule has 0 amide bonds. The van der Waals surface area contributed by atoms with Gasteiger partial charge in [-0.1, -0.05) is 27.7 Å². The smallest absolute Gasteiger partial charge is 0.339 e. The number of hydrogen-bond donors (Lipinski definition) is 0. The standard InChI is InChI=1S/C25H31NO5/c1-14-7-8-19-23(2,3)20(27)9-10-25(19)24(14,4)12-16-18(29-5)11-15(22(28)30-6)17(13-26)21(16)31-25/h11,14,19H,7-10,12H2,1-6H3/t14-,19-,24+,25-/m0/s1. The van der Waals surface area contributed by atoms with Crippen LogP contribution in [0.25, 0.3) is 0 Å². The number of esters is 1. The topological polar surface area (TPSA) is 85.6 Å². The minimum Gasteiger partial charge on any atom is -0.496 e. The largest absolute Gasteiger partial charge is 0.496 e. The Morgan fingerprint density at radius 1 is 1.26 bits per heavy atom. The molecule has 0 saturated heterocycles. The van der Waals surface area contributed by atoms with E-state index in [-0.39, 0.29) is 28.2 Å². The Hall–Kier alpha value is -2.55. The summed E-state index contributed by atoms with van der Waals surface area (Å²) in [7, 11) is 2.85. The fraction of sp³-hybridized carbons (Fsp3) is 0.640. The van der Waals surface area contributed by atoms with Crippen LogP contribution in [-0.2, 0) is 16.0 Å². The highest BCUT2D eigenvalue weighted by Crippen LogP contribution is 2.66. The van der Waals surface area contributed by atoms with Crippen molar-refractivity contribution in [2.45, 2.75) is 65.4 Å². The molecular weight excluding hydrogens is 394 g/mol. The number of benzene rings is 1. The summed E-state index contributed by atoms with van der Waals surface area (Å²) in [5, 5.41) is 10.0. The maximum absolute atomic E-state index is 12.9. The second-order valence-electron chi connectivity index (χ2n) is 10.2. The van der Waals surface area contributed by atoms with Crippen LogP contribution in [0.1, 0.15) is 74.9 Å². The summed E-state index contributed by atoms with van der Waals surface area (Å²) in [4.78, 5) is 25.3. The van der Waals surface area contributed by atoms with E-state index >= 15 is 0 Å². The van der Waals surface area contributed by atoms with Crippen LogP contribution < -0.4 is 9.47 Å². The fourth-order valence-electron chi connectivity index (χ4n) is 6.63. The van der Waals surface area contributed by atoms with Crippen LogP contribution in [0.3, 0.4) is 0 Å². The van der Waals surface area contributed by atoms with Crippen molar-refractivity contribution in [2.75, 3.05) is 14.2 Å². The molecule has 2 saturated carbocycles. The number of fused-ring (bicyclic) bond motifs is 1. The van der Waals surface area contributed by atoms with Crippen LogP contribution in [0, 0.1) is 34.0 Å². The van der Waals surface area contributed by atoms with Crippen LogP contribution in [0.5, 0.6) is 11.5 Å². The Morgan fingerprint density at radius 2 is 1.97 bits per heavy atom. The van der Waals surface area contributed by atoms with Gasteiger partial charge in [-0.3, -0.25) is 4.79 Å². The van der Waals surface area contributed by atoms with Crippen molar-refractivity contribution in [3.63, 3.8) is 0 Å². The zero-order chi connectivity index (χ0) is 22.8. The van der Waals surface area contributed by atoms with Crippen LogP contribution in [-0.4, -0.2) is 31.6 Å². The van der Waals surface area contributed by atoms with Gasteiger partial charge in [-0.25, -0.2) is 4.79 Å². The summed E-state index contributed by atoms with van der Waals surface area (Å²) in [6, 6.07) is 3.77. The zero-order valence-electron chi connectivity index (χ0n) is 19.3. The molecule has 0 bridgehead atoms. The molecule has 1 aliphatic heterocycles. The highest BCUT2D eigenvalue weighted by molar-refractivity contribution is 5.94. The molecule has 166 valence electrons. The SMILES string of the molecule is COC(=O)c1cc(OC)c2c(c1C#N)O[C@@]13CCC(=O)C(C)(C)[C@@H]1CC[C@H](C)[C@@]3(C)C2. The van der Waals surface area contributed by atoms with Crippen molar-refractivity contribution in [2.24, 2.45) is 22.7 Å². The Morgan fingerprint density at radius 3 is 2.58 bits per heavy atom. The third-order valence-electron chi connectivity index (χ3n) is 8.73. The Labute approximate surface area is 183 Å². The van der Waals surface area contributed by atoms with E-state index in [4.69, 9.17) is 14.2 Å². The van der Waals surface area contributed by atoms with Gasteiger partial charge in [0.2, 0.25) is 0 Å². The lowest BCUT2D eigenvalue weighted by Crippen LogP contribution is -2.69. The molecule has 6 heteroatoms. The van der Waals surface area contributed by atoms with Gasteiger partial charge in [0.1, 0.15) is 34.5 Å². The number of hydrogen-bond acceptors (Lipinski definition) is 6. The van der Waals surface area contributed by atoms with E-state index in [1.54, 1.807) is 13.2 Å². The van der Waals surface area contributed by atoms with E-state index in [9.17, 15) is 14.9 Å². The predicted octanol–water partition coefficient (Wildman–Crippen LogP) is 4.47. The Kier molecular flexibility index (Phi) is 4.88. The first kappa shape index (κ1) is 21.7. The molecule has 6 nitrogen and oxygen atoms in total. The van der Waals surface area contributed by atoms with Gasteiger partial charge in [0.15, 0.2) is 0 Å². The van der Waals surface area contributed by atoms with Gasteiger partial charge < -0.3 is 14.2 Å². The number of ketones is 1. The number of ether oxygens (including phenoxy) is 3. The predicted molar refractivity (Wildman–Crippen MR) is 114 cm³/mol. The molecule has 4 rings (SSSR count). The van der Waals surface area contributed by atoms with Gasteiger partial charge in [0.05, 0.1) is 19.8 Å². The summed E-state index contributed by atoms with van der Waals surface area (Å²) in [5.74, 6) is 1.04. The van der Waals surface area contributed by atoms with Crippen molar-refractivity contribution >= 4 is 11.8 Å². The van der Waals surface area contributed by atoms with E-state index in [0.717, 1.165) is 18.4 Å². The molecule has 0 N–H and O–H groups in total. The van der Waals surface area contributed by atoms with Gasteiger partial charge in [0.25, 0.3) is 0 Å². The summed E-state index contributed by atoms with van der Waals surface area (Å²) >= 11 is 0. The van der Waals surface area contributed by atoms with E-state index in [0.29, 0.717) is 36.7 Å². The number of carbonyl (C=O) groups excluding carboxylic acids is 2. The third-order valence-corrected chi connectivity index (χ3v) is 8.73. The number of Topliss-reactive ketones (excluding diaryl/α,β-unsaturated/α-hetero) is 1. The molecule has 1 aromatic rings. The van der Waals surface area contributed by atoms with Crippen LogP contribution in [0.2, 0.25) is 0 Å². The van der Waals surface area contributed by atoms with E-state index < -0.39 is 17.0 Å². The van der Waals surface area contributed by atoms with Gasteiger partial charge in [-0.15, -0.1) is 0 Å². The molecule has 1 heterocycles. The second-order valence-corrected chi connectivity index (χ2v) is 10.2. The lowest BCUT2D eigenvalue weighted by molar-refractivity contribution is -0.208. The lowest BCUT2D eigenvalue weighted by atomic mass is 9.44. The average molecular weight is 426 g/mol. The van der Waals surface area contributed by atoms with Crippen LogP contribution in [0.4, 0.5) is 0 Å². The number of methoxy groups -OCH3 is 2. The maximum atomic E-state index is 12.9. The Balaban J connectivity index is 2.00. The number of nitriles is 1. The monoisotopic (exact) mass is 425 g/mol. The van der Waals surface area contributed by atoms with Crippen LogP contribution in [0.15, 0.2) is 6.07 Å². The molecule has 0 unspecified atom stereocenters. The first-order valence-electron chi connectivity index (χ1n) is 11.0. The number of rotatable bonds is 2. The minimum absolute atomic E-state index is 0.0370. The molecule has 4 atom stereocenters. The molecule has 1 aromatic carbocycles. The second kappa shape index (κ2) is 6.98. The fourth-order valence-corrected chi connectivity index (χ4v) is 6.63. The lowest BCUT2D eigenvalue weighted by Gasteiger charge is -2.65. The number of nitrogens with zero attached hydrogens (tertiary/aromatic N) is 1. The first-order valence-corrected chi connectivity index (χ1v) is 11.0. The van der Waals surface area contributed by atoms with Crippen molar-refractivity contribution in [1.82, 2.24) is 0 Å². The summed E-state index contributed by atoms with van der Waals surface area (Å²) < 4.78 is 17.5. The first-order chi connectivity index (χ1) is 14.6. The van der Waals surface area contributed by atoms with Crippen molar-refractivity contribution in [3.05, 3.63) is 22.8 Å². The summed E-state index contributed by atoms with van der Waals surface area (Å²) in [6.07, 6.45) is 3.67. The van der Waals surface area contributed by atoms with Crippen LogP contribution >= 0.6 is 0 Å². The Bertz CT molecular complexity index is 1010. The van der Waals surface area contributed by atoms with Gasteiger partial charge >= 0.3 is 5.97 Å².